The summed E-state index contributed by atoms with van der Waals surface area (Å²) in [5, 5.41) is 37.6. The number of ketones is 1. The van der Waals surface area contributed by atoms with Gasteiger partial charge in [0.05, 0.1) is 6.10 Å². The van der Waals surface area contributed by atoms with Gasteiger partial charge in [0.15, 0.2) is 11.4 Å². The van der Waals surface area contributed by atoms with E-state index in [9.17, 15) is 24.9 Å². The Bertz CT molecular complexity index is 325. The maximum absolute atomic E-state index is 11.2. The number of aliphatic hydroxyl groups is 3. The molecule has 4 N–H and O–H groups in total. The molecule has 1 aliphatic rings. The zero-order valence-corrected chi connectivity index (χ0v) is 8.54. The summed E-state index contributed by atoms with van der Waals surface area (Å²) in [6.45, 7) is 3.38. The molecule has 6 heteroatoms. The van der Waals surface area contributed by atoms with Crippen LogP contribution in [0.4, 0.5) is 0 Å². The van der Waals surface area contributed by atoms with Crippen LogP contribution in [0.1, 0.15) is 12.8 Å². The lowest BCUT2D eigenvalue weighted by Gasteiger charge is -2.40. The van der Waals surface area contributed by atoms with Crippen molar-refractivity contribution < 1.29 is 30.0 Å². The van der Waals surface area contributed by atoms with Gasteiger partial charge < -0.3 is 20.4 Å². The Kier molecular flexibility index (Phi) is 3.47. The lowest BCUT2D eigenvalue weighted by atomic mass is 9.70. The van der Waals surface area contributed by atoms with Crippen molar-refractivity contribution in [2.45, 2.75) is 30.7 Å². The first-order valence-corrected chi connectivity index (χ1v) is 4.80. The van der Waals surface area contributed by atoms with Gasteiger partial charge in [-0.15, -0.1) is 6.58 Å². The lowest BCUT2D eigenvalue weighted by Crippen LogP contribution is -2.61. The van der Waals surface area contributed by atoms with E-state index in [1.54, 1.807) is 0 Å². The lowest BCUT2D eigenvalue weighted by molar-refractivity contribution is -0.190. The van der Waals surface area contributed by atoms with E-state index in [-0.39, 0.29) is 6.42 Å². The number of rotatable bonds is 3. The third kappa shape index (κ3) is 1.87. The van der Waals surface area contributed by atoms with Crippen molar-refractivity contribution in [1.29, 1.82) is 0 Å². The summed E-state index contributed by atoms with van der Waals surface area (Å²) in [4.78, 5) is 22.1. The predicted molar refractivity (Wildman–Crippen MR) is 52.5 cm³/mol. The highest BCUT2D eigenvalue weighted by Gasteiger charge is 2.55. The summed E-state index contributed by atoms with van der Waals surface area (Å²) >= 11 is 0. The van der Waals surface area contributed by atoms with E-state index < -0.39 is 41.9 Å². The Morgan fingerprint density at radius 1 is 1.56 bits per heavy atom. The van der Waals surface area contributed by atoms with Gasteiger partial charge in [-0.05, 0) is 6.42 Å². The molecule has 0 aromatic carbocycles. The van der Waals surface area contributed by atoms with Crippen molar-refractivity contribution in [2.75, 3.05) is 0 Å². The van der Waals surface area contributed by atoms with Crippen LogP contribution in [0, 0.1) is 5.92 Å². The van der Waals surface area contributed by atoms with Gasteiger partial charge in [0.1, 0.15) is 6.10 Å². The summed E-state index contributed by atoms with van der Waals surface area (Å²) < 4.78 is 0. The van der Waals surface area contributed by atoms with Crippen molar-refractivity contribution in [2.24, 2.45) is 5.92 Å². The quantitative estimate of drug-likeness (QED) is 0.447. The van der Waals surface area contributed by atoms with Crippen LogP contribution in [0.25, 0.3) is 0 Å². The van der Waals surface area contributed by atoms with Crippen molar-refractivity contribution in [1.82, 2.24) is 0 Å². The topological polar surface area (TPSA) is 115 Å². The van der Waals surface area contributed by atoms with Crippen LogP contribution in [-0.2, 0) is 9.59 Å². The molecule has 0 radical (unpaired) electrons. The fourth-order valence-corrected chi connectivity index (χ4v) is 1.94. The molecule has 0 aliphatic heterocycles. The monoisotopic (exact) mass is 230 g/mol. The summed E-state index contributed by atoms with van der Waals surface area (Å²) in [7, 11) is 0. The zero-order chi connectivity index (χ0) is 12.5. The number of hydrogen-bond donors (Lipinski definition) is 4. The first kappa shape index (κ1) is 12.8. The number of Topliss-reactive ketones (excluding diaryl/α,β-unsaturated/α-hetero) is 1. The minimum atomic E-state index is -2.34. The fraction of sp³-hybridized carbons (Fsp3) is 0.600. The zero-order valence-electron chi connectivity index (χ0n) is 8.54. The van der Waals surface area contributed by atoms with Crippen LogP contribution in [0.5, 0.6) is 0 Å². The molecule has 1 rings (SSSR count). The Morgan fingerprint density at radius 3 is 2.56 bits per heavy atom. The molecule has 4 atom stereocenters. The molecule has 0 saturated heterocycles. The largest absolute Gasteiger partial charge is 0.479 e. The summed E-state index contributed by atoms with van der Waals surface area (Å²) in [6, 6.07) is 0. The van der Waals surface area contributed by atoms with Gasteiger partial charge in [0.25, 0.3) is 0 Å². The van der Waals surface area contributed by atoms with Crippen molar-refractivity contribution in [3.63, 3.8) is 0 Å². The highest BCUT2D eigenvalue weighted by Crippen LogP contribution is 2.35. The van der Waals surface area contributed by atoms with E-state index >= 15 is 0 Å². The maximum atomic E-state index is 11.2. The third-order valence-electron chi connectivity index (χ3n) is 2.91. The second-order valence-corrected chi connectivity index (χ2v) is 3.94. The van der Waals surface area contributed by atoms with Gasteiger partial charge in [-0.1, -0.05) is 6.08 Å². The summed E-state index contributed by atoms with van der Waals surface area (Å²) in [5.74, 6) is -3.61. The van der Waals surface area contributed by atoms with Gasteiger partial charge in [-0.2, -0.15) is 0 Å². The van der Waals surface area contributed by atoms with Gasteiger partial charge >= 0.3 is 5.97 Å². The Balaban J connectivity index is 3.10. The highest BCUT2D eigenvalue weighted by molar-refractivity contribution is 5.92. The first-order valence-electron chi connectivity index (χ1n) is 4.80. The Labute approximate surface area is 91.8 Å². The van der Waals surface area contributed by atoms with Crippen LogP contribution < -0.4 is 0 Å². The number of carboxylic acids is 1. The van der Waals surface area contributed by atoms with Gasteiger partial charge in [-0.3, -0.25) is 4.79 Å². The number of aliphatic hydroxyl groups excluding tert-OH is 2. The van der Waals surface area contributed by atoms with Crippen LogP contribution in [0.15, 0.2) is 12.7 Å². The molecule has 0 aromatic rings. The van der Waals surface area contributed by atoms with E-state index in [0.717, 1.165) is 0 Å². The number of carbonyl (C=O) groups is 2. The van der Waals surface area contributed by atoms with Crippen molar-refractivity contribution in [3.8, 4) is 0 Å². The molecular weight excluding hydrogens is 216 g/mol. The molecule has 16 heavy (non-hydrogen) atoms. The van der Waals surface area contributed by atoms with Crippen LogP contribution in [0.2, 0.25) is 0 Å². The van der Waals surface area contributed by atoms with Crippen LogP contribution in [-0.4, -0.2) is 50.0 Å². The van der Waals surface area contributed by atoms with Crippen molar-refractivity contribution in [3.05, 3.63) is 12.7 Å². The predicted octanol–water partition coefficient (Wildman–Crippen LogP) is -1.31. The molecule has 0 spiro atoms. The average Bonchev–Trinajstić information content (AvgIpc) is 2.21. The smallest absolute Gasteiger partial charge is 0.336 e. The molecule has 0 bridgehead atoms. The minimum Gasteiger partial charge on any atom is -0.479 e. The molecule has 1 fully saturated rings. The second kappa shape index (κ2) is 4.32. The maximum Gasteiger partial charge on any atom is 0.336 e. The molecule has 0 amide bonds. The standard InChI is InChI=1S/C10H14O6/c1-2-3-5-7(12)8(13)6(11)4-10(5,16)9(14)15/h2,5,7-8,12-13,16H,1,3-4H2,(H,14,15)/t5-,7-,8-,10-/m1/s1. The van der Waals surface area contributed by atoms with E-state index in [1.165, 1.54) is 6.08 Å². The number of hydrogen-bond acceptors (Lipinski definition) is 5. The van der Waals surface area contributed by atoms with Crippen molar-refractivity contribution >= 4 is 11.8 Å². The molecule has 0 heterocycles. The molecule has 0 unspecified atom stereocenters. The van der Waals surface area contributed by atoms with Crippen LogP contribution in [0.3, 0.4) is 0 Å². The highest BCUT2D eigenvalue weighted by atomic mass is 16.4. The third-order valence-corrected chi connectivity index (χ3v) is 2.91. The summed E-state index contributed by atoms with van der Waals surface area (Å²) in [6.07, 6.45) is -2.64. The van der Waals surface area contributed by atoms with Crippen LogP contribution >= 0.6 is 0 Å². The molecule has 0 aromatic heterocycles. The Morgan fingerprint density at radius 2 is 2.12 bits per heavy atom. The normalized spacial score (nSPS) is 39.4. The molecule has 90 valence electrons. The summed E-state index contributed by atoms with van der Waals surface area (Å²) in [5.41, 5.74) is -2.34. The number of allylic oxidation sites excluding steroid dienone is 1. The van der Waals surface area contributed by atoms with E-state index in [4.69, 9.17) is 5.11 Å². The average molecular weight is 230 g/mol. The number of aliphatic carboxylic acids is 1. The second-order valence-electron chi connectivity index (χ2n) is 3.94. The van der Waals surface area contributed by atoms with E-state index in [2.05, 4.69) is 6.58 Å². The van der Waals surface area contributed by atoms with Gasteiger partial charge in [0, 0.05) is 12.3 Å². The van der Waals surface area contributed by atoms with E-state index in [0.29, 0.717) is 0 Å². The van der Waals surface area contributed by atoms with Gasteiger partial charge in [0.2, 0.25) is 0 Å². The molecule has 1 aliphatic carbocycles. The molecule has 6 nitrogen and oxygen atoms in total. The van der Waals surface area contributed by atoms with Gasteiger partial charge in [-0.25, -0.2) is 4.79 Å². The molecule has 1 saturated carbocycles. The number of carboxylic acid groups (broad SMARTS) is 1. The molecular formula is C10H14O6. The fourth-order valence-electron chi connectivity index (χ4n) is 1.94. The minimum absolute atomic E-state index is 0.00565. The first-order chi connectivity index (χ1) is 7.34. The Hall–Kier alpha value is -1.24. The SMILES string of the molecule is C=CC[C@@H]1[C@@H](O)[C@H](O)C(=O)C[C@]1(O)C(=O)O. The number of carbonyl (C=O) groups excluding carboxylic acids is 1. The van der Waals surface area contributed by atoms with E-state index in [1.807, 2.05) is 0 Å².